The highest BCUT2D eigenvalue weighted by atomic mass is 19.4. The summed E-state index contributed by atoms with van der Waals surface area (Å²) in [5.41, 5.74) is 2.19. The van der Waals surface area contributed by atoms with Crippen LogP contribution in [0.3, 0.4) is 0 Å². The number of rotatable bonds is 3. The summed E-state index contributed by atoms with van der Waals surface area (Å²) in [5, 5.41) is 3.38. The Morgan fingerprint density at radius 2 is 1.87 bits per heavy atom. The Morgan fingerprint density at radius 3 is 2.52 bits per heavy atom. The lowest BCUT2D eigenvalue weighted by Crippen LogP contribution is -2.28. The highest BCUT2D eigenvalue weighted by molar-refractivity contribution is 5.28. The molecule has 2 aromatic rings. The van der Waals surface area contributed by atoms with Crippen LogP contribution < -0.4 is 5.32 Å². The van der Waals surface area contributed by atoms with Gasteiger partial charge >= 0.3 is 6.18 Å². The second kappa shape index (κ2) is 6.71. The molecule has 23 heavy (non-hydrogen) atoms. The van der Waals surface area contributed by atoms with E-state index in [-0.39, 0.29) is 0 Å². The van der Waals surface area contributed by atoms with Gasteiger partial charge in [0.25, 0.3) is 0 Å². The molecule has 0 spiro atoms. The summed E-state index contributed by atoms with van der Waals surface area (Å²) < 4.78 is 37.8. The lowest BCUT2D eigenvalue weighted by Gasteiger charge is -2.22. The van der Waals surface area contributed by atoms with E-state index in [0.717, 1.165) is 55.0 Å². The molecule has 1 fully saturated rings. The van der Waals surface area contributed by atoms with Crippen LogP contribution in [0.25, 0.3) is 0 Å². The molecule has 1 N–H and O–H groups in total. The van der Waals surface area contributed by atoms with Crippen LogP contribution in [0.2, 0.25) is 0 Å². The number of piperidine rings is 1. The predicted molar refractivity (Wildman–Crippen MR) is 83.3 cm³/mol. The van der Waals surface area contributed by atoms with Crippen molar-refractivity contribution >= 4 is 0 Å². The summed E-state index contributed by atoms with van der Waals surface area (Å²) in [6.45, 7) is 2.00. The fourth-order valence-corrected chi connectivity index (χ4v) is 2.95. The van der Waals surface area contributed by atoms with E-state index < -0.39 is 11.7 Å². The molecule has 0 bridgehead atoms. The van der Waals surface area contributed by atoms with Crippen molar-refractivity contribution < 1.29 is 13.2 Å². The zero-order chi connectivity index (χ0) is 16.3. The third-order valence-electron chi connectivity index (χ3n) is 4.21. The Kier molecular flexibility index (Phi) is 4.66. The summed E-state index contributed by atoms with van der Waals surface area (Å²) in [7, 11) is 0. The lowest BCUT2D eigenvalue weighted by atomic mass is 9.95. The van der Waals surface area contributed by atoms with E-state index in [2.05, 4.69) is 5.32 Å². The van der Waals surface area contributed by atoms with Gasteiger partial charge in [0.1, 0.15) is 0 Å². The van der Waals surface area contributed by atoms with Crippen molar-refractivity contribution in [3.8, 4) is 0 Å². The maximum absolute atomic E-state index is 12.6. The second-order valence-electron chi connectivity index (χ2n) is 5.97. The van der Waals surface area contributed by atoms with Gasteiger partial charge in [-0.1, -0.05) is 18.2 Å². The van der Waals surface area contributed by atoms with E-state index in [1.54, 1.807) is 0 Å². The van der Waals surface area contributed by atoms with E-state index in [0.29, 0.717) is 12.3 Å². The number of hydrogen-bond donors (Lipinski definition) is 1. The first-order valence-corrected chi connectivity index (χ1v) is 7.85. The molecule has 122 valence electrons. The minimum absolute atomic E-state index is 0.427. The first-order chi connectivity index (χ1) is 11.0. The maximum Gasteiger partial charge on any atom is 0.416 e. The van der Waals surface area contributed by atoms with Crippen LogP contribution in [-0.4, -0.2) is 18.1 Å². The number of hydrogen-bond acceptors (Lipinski definition) is 2. The van der Waals surface area contributed by atoms with Crippen molar-refractivity contribution in [2.24, 2.45) is 0 Å². The van der Waals surface area contributed by atoms with Gasteiger partial charge in [0, 0.05) is 30.3 Å². The largest absolute Gasteiger partial charge is 0.416 e. The summed E-state index contributed by atoms with van der Waals surface area (Å²) >= 11 is 0. The first-order valence-electron chi connectivity index (χ1n) is 7.85. The van der Waals surface area contributed by atoms with Crippen LogP contribution in [-0.2, 0) is 12.6 Å². The molecule has 0 radical (unpaired) electrons. The number of alkyl halides is 3. The Balaban J connectivity index is 1.72. The number of nitrogens with zero attached hydrogens (tertiary/aromatic N) is 1. The minimum Gasteiger partial charge on any atom is -0.316 e. The number of halogens is 3. The predicted octanol–water partition coefficient (Wildman–Crippen LogP) is 4.16. The highest BCUT2D eigenvalue weighted by Gasteiger charge is 2.29. The standard InChI is InChI=1S/C18H19F3N2/c19-18(20,21)15-8-6-13(7-9-15)11-16-4-1-5-17(23-16)14-3-2-10-22-12-14/h1,4-9,14,22H,2-3,10-12H2/t14-/m0/s1. The molecule has 2 heterocycles. The van der Waals surface area contributed by atoms with Gasteiger partial charge in [-0.15, -0.1) is 0 Å². The number of aromatic nitrogens is 1. The summed E-state index contributed by atoms with van der Waals surface area (Å²) in [5.74, 6) is 0.427. The summed E-state index contributed by atoms with van der Waals surface area (Å²) in [6.07, 6.45) is -1.46. The van der Waals surface area contributed by atoms with Crippen molar-refractivity contribution in [1.82, 2.24) is 10.3 Å². The van der Waals surface area contributed by atoms with Crippen molar-refractivity contribution in [2.45, 2.75) is 31.4 Å². The van der Waals surface area contributed by atoms with Crippen molar-refractivity contribution in [3.05, 3.63) is 65.0 Å². The van der Waals surface area contributed by atoms with E-state index in [9.17, 15) is 13.2 Å². The molecule has 1 atom stereocenters. The molecule has 1 aliphatic rings. The van der Waals surface area contributed by atoms with Gasteiger partial charge in [-0.05, 0) is 49.2 Å². The molecular weight excluding hydrogens is 301 g/mol. The van der Waals surface area contributed by atoms with E-state index in [4.69, 9.17) is 4.98 Å². The van der Waals surface area contributed by atoms with Crippen LogP contribution in [0, 0.1) is 0 Å². The summed E-state index contributed by atoms with van der Waals surface area (Å²) in [6, 6.07) is 11.3. The Labute approximate surface area is 133 Å². The second-order valence-corrected chi connectivity index (χ2v) is 5.97. The van der Waals surface area contributed by atoms with Gasteiger partial charge in [0.05, 0.1) is 5.56 Å². The van der Waals surface area contributed by atoms with Gasteiger partial charge in [0.15, 0.2) is 0 Å². The molecule has 1 aliphatic heterocycles. The van der Waals surface area contributed by atoms with Crippen molar-refractivity contribution in [2.75, 3.05) is 13.1 Å². The normalized spacial score (nSPS) is 18.8. The van der Waals surface area contributed by atoms with Gasteiger partial charge in [-0.25, -0.2) is 0 Å². The van der Waals surface area contributed by atoms with Crippen LogP contribution >= 0.6 is 0 Å². The number of pyridine rings is 1. The minimum atomic E-state index is -4.29. The SMILES string of the molecule is FC(F)(F)c1ccc(Cc2cccc([C@H]3CCCNC3)n2)cc1. The molecule has 0 saturated carbocycles. The van der Waals surface area contributed by atoms with Crippen LogP contribution in [0.5, 0.6) is 0 Å². The van der Waals surface area contributed by atoms with Crippen LogP contribution in [0.4, 0.5) is 13.2 Å². The highest BCUT2D eigenvalue weighted by Crippen LogP contribution is 2.29. The van der Waals surface area contributed by atoms with Gasteiger partial charge in [-0.3, -0.25) is 4.98 Å². The maximum atomic E-state index is 12.6. The molecule has 2 nitrogen and oxygen atoms in total. The molecule has 1 saturated heterocycles. The van der Waals surface area contributed by atoms with Crippen LogP contribution in [0.1, 0.15) is 41.3 Å². The number of benzene rings is 1. The Morgan fingerprint density at radius 1 is 1.09 bits per heavy atom. The van der Waals surface area contributed by atoms with E-state index in [1.165, 1.54) is 12.1 Å². The molecule has 1 aromatic carbocycles. The molecule has 0 unspecified atom stereocenters. The quantitative estimate of drug-likeness (QED) is 0.918. The molecule has 1 aromatic heterocycles. The first kappa shape index (κ1) is 16.0. The van der Waals surface area contributed by atoms with Crippen molar-refractivity contribution in [1.29, 1.82) is 0 Å². The Bertz CT molecular complexity index is 644. The number of nitrogens with one attached hydrogen (secondary N) is 1. The third-order valence-corrected chi connectivity index (χ3v) is 4.21. The molecule has 0 aliphatic carbocycles. The fourth-order valence-electron chi connectivity index (χ4n) is 2.95. The molecule has 0 amide bonds. The van der Waals surface area contributed by atoms with Gasteiger partial charge in [0.2, 0.25) is 0 Å². The monoisotopic (exact) mass is 320 g/mol. The average molecular weight is 320 g/mol. The van der Waals surface area contributed by atoms with Crippen molar-refractivity contribution in [3.63, 3.8) is 0 Å². The molecular formula is C18H19F3N2. The zero-order valence-electron chi connectivity index (χ0n) is 12.7. The summed E-state index contributed by atoms with van der Waals surface area (Å²) in [4.78, 5) is 4.70. The third kappa shape index (κ3) is 4.10. The van der Waals surface area contributed by atoms with Gasteiger partial charge < -0.3 is 5.32 Å². The molecule has 5 heteroatoms. The zero-order valence-corrected chi connectivity index (χ0v) is 12.7. The van der Waals surface area contributed by atoms with E-state index in [1.807, 2.05) is 18.2 Å². The molecule has 3 rings (SSSR count). The average Bonchev–Trinajstić information content (AvgIpc) is 2.56. The smallest absolute Gasteiger partial charge is 0.316 e. The van der Waals surface area contributed by atoms with E-state index >= 15 is 0 Å². The fraction of sp³-hybridized carbons (Fsp3) is 0.389. The topological polar surface area (TPSA) is 24.9 Å². The lowest BCUT2D eigenvalue weighted by molar-refractivity contribution is -0.137. The van der Waals surface area contributed by atoms with Crippen LogP contribution in [0.15, 0.2) is 42.5 Å². The Hall–Kier alpha value is -1.88. The van der Waals surface area contributed by atoms with Gasteiger partial charge in [-0.2, -0.15) is 13.2 Å².